The van der Waals surface area contributed by atoms with Crippen LogP contribution in [0, 0.1) is 0 Å². The first-order valence-electron chi connectivity index (χ1n) is 7.10. The summed E-state index contributed by atoms with van der Waals surface area (Å²) in [4.78, 5) is 11.9. The minimum absolute atomic E-state index is 0. The van der Waals surface area contributed by atoms with E-state index in [9.17, 15) is 4.79 Å². The van der Waals surface area contributed by atoms with Crippen LogP contribution in [-0.2, 0) is 9.53 Å². The largest absolute Gasteiger partial charge is 0.365 e. The van der Waals surface area contributed by atoms with Crippen LogP contribution in [0.25, 0.3) is 0 Å². The van der Waals surface area contributed by atoms with Crippen molar-refractivity contribution in [3.8, 4) is 0 Å². The van der Waals surface area contributed by atoms with E-state index in [1.54, 1.807) is 0 Å². The first-order valence-corrected chi connectivity index (χ1v) is 7.10. The highest BCUT2D eigenvalue weighted by Crippen LogP contribution is 2.20. The van der Waals surface area contributed by atoms with Gasteiger partial charge < -0.3 is 15.8 Å². The Morgan fingerprint density at radius 1 is 1.32 bits per heavy atom. The number of carbonyl (C=O) groups is 1. The van der Waals surface area contributed by atoms with Gasteiger partial charge in [0.1, 0.15) is 6.10 Å². The zero-order valence-electron chi connectivity index (χ0n) is 12.4. The number of nitrogens with one attached hydrogen (secondary N) is 1. The van der Waals surface area contributed by atoms with Gasteiger partial charge in [0.05, 0.1) is 6.10 Å². The number of carbonyl (C=O) groups excluding carboxylic acids is 1. The van der Waals surface area contributed by atoms with E-state index in [2.05, 4.69) is 5.32 Å². The lowest BCUT2D eigenvalue weighted by Crippen LogP contribution is -2.48. The van der Waals surface area contributed by atoms with Gasteiger partial charge in [-0.3, -0.25) is 4.79 Å². The summed E-state index contributed by atoms with van der Waals surface area (Å²) in [5.74, 6) is -0.0576. The third kappa shape index (κ3) is 8.45. The van der Waals surface area contributed by atoms with Gasteiger partial charge >= 0.3 is 0 Å². The lowest BCUT2D eigenvalue weighted by Gasteiger charge is -2.23. The molecule has 114 valence electrons. The summed E-state index contributed by atoms with van der Waals surface area (Å²) in [6.45, 7) is 6.09. The molecule has 3 N–H and O–H groups in total. The second kappa shape index (κ2) is 8.77. The SMILES string of the molecule is CC(OC1CCCCCC1)C(=O)NCC(C)(C)N.Cl. The fourth-order valence-electron chi connectivity index (χ4n) is 2.19. The molecule has 1 rings (SSSR count). The monoisotopic (exact) mass is 292 g/mol. The maximum atomic E-state index is 11.9. The highest BCUT2D eigenvalue weighted by atomic mass is 35.5. The van der Waals surface area contributed by atoms with Crippen molar-refractivity contribution in [2.75, 3.05) is 6.54 Å². The maximum absolute atomic E-state index is 11.9. The molecular weight excluding hydrogens is 264 g/mol. The average molecular weight is 293 g/mol. The Bertz CT molecular complexity index is 259. The molecule has 1 amide bonds. The van der Waals surface area contributed by atoms with Crippen LogP contribution in [-0.4, -0.2) is 30.2 Å². The highest BCUT2D eigenvalue weighted by Gasteiger charge is 2.21. The van der Waals surface area contributed by atoms with Crippen molar-refractivity contribution < 1.29 is 9.53 Å². The number of hydrogen-bond donors (Lipinski definition) is 2. The smallest absolute Gasteiger partial charge is 0.248 e. The zero-order chi connectivity index (χ0) is 13.6. The highest BCUT2D eigenvalue weighted by molar-refractivity contribution is 5.85. The summed E-state index contributed by atoms with van der Waals surface area (Å²) in [6.07, 6.45) is 7.06. The quantitative estimate of drug-likeness (QED) is 0.765. The first-order chi connectivity index (χ1) is 8.38. The molecule has 0 aromatic carbocycles. The Labute approximate surface area is 123 Å². The molecule has 4 nitrogen and oxygen atoms in total. The van der Waals surface area contributed by atoms with Crippen LogP contribution in [0.5, 0.6) is 0 Å². The Hall–Kier alpha value is -0.320. The van der Waals surface area contributed by atoms with E-state index in [-0.39, 0.29) is 36.1 Å². The molecule has 1 saturated carbocycles. The predicted molar refractivity (Wildman–Crippen MR) is 80.6 cm³/mol. The van der Waals surface area contributed by atoms with Crippen LogP contribution < -0.4 is 11.1 Å². The van der Waals surface area contributed by atoms with E-state index in [0.717, 1.165) is 12.8 Å². The van der Waals surface area contributed by atoms with Crippen molar-refractivity contribution in [3.05, 3.63) is 0 Å². The van der Waals surface area contributed by atoms with E-state index in [0.29, 0.717) is 6.54 Å². The summed E-state index contributed by atoms with van der Waals surface area (Å²) in [5, 5.41) is 2.84. The number of hydrogen-bond acceptors (Lipinski definition) is 3. The molecular formula is C14H29ClN2O2. The summed E-state index contributed by atoms with van der Waals surface area (Å²) in [6, 6.07) is 0. The van der Waals surface area contributed by atoms with Gasteiger partial charge in [-0.1, -0.05) is 25.7 Å². The predicted octanol–water partition coefficient (Wildman–Crippen LogP) is 2.39. The number of ether oxygens (including phenoxy) is 1. The van der Waals surface area contributed by atoms with Gasteiger partial charge in [0, 0.05) is 12.1 Å². The van der Waals surface area contributed by atoms with Crippen molar-refractivity contribution in [1.82, 2.24) is 5.32 Å². The topological polar surface area (TPSA) is 64.3 Å². The van der Waals surface area contributed by atoms with Crippen LogP contribution in [0.3, 0.4) is 0 Å². The van der Waals surface area contributed by atoms with Crippen molar-refractivity contribution in [3.63, 3.8) is 0 Å². The summed E-state index contributed by atoms with van der Waals surface area (Å²) >= 11 is 0. The number of rotatable bonds is 5. The van der Waals surface area contributed by atoms with Crippen LogP contribution in [0.15, 0.2) is 0 Å². The summed E-state index contributed by atoms with van der Waals surface area (Å²) in [5.41, 5.74) is 5.46. The van der Waals surface area contributed by atoms with Gasteiger partial charge in [-0.05, 0) is 33.6 Å². The molecule has 0 aliphatic heterocycles. The third-order valence-electron chi connectivity index (χ3n) is 3.29. The standard InChI is InChI=1S/C14H28N2O2.ClH/c1-11(13(17)16-10-14(2,3)15)18-12-8-6-4-5-7-9-12;/h11-12H,4-10,15H2,1-3H3,(H,16,17);1H. The normalized spacial score (nSPS) is 19.2. The lowest BCUT2D eigenvalue weighted by atomic mass is 10.1. The molecule has 19 heavy (non-hydrogen) atoms. The molecule has 0 saturated heterocycles. The Morgan fingerprint density at radius 3 is 2.32 bits per heavy atom. The average Bonchev–Trinajstić information content (AvgIpc) is 2.53. The fraction of sp³-hybridized carbons (Fsp3) is 0.929. The van der Waals surface area contributed by atoms with Gasteiger partial charge in [-0.25, -0.2) is 0 Å². The van der Waals surface area contributed by atoms with Gasteiger partial charge in [-0.2, -0.15) is 0 Å². The van der Waals surface area contributed by atoms with Gasteiger partial charge in [0.25, 0.3) is 0 Å². The molecule has 0 bridgehead atoms. The molecule has 0 radical (unpaired) electrons. The van der Waals surface area contributed by atoms with Crippen LogP contribution >= 0.6 is 12.4 Å². The van der Waals surface area contributed by atoms with Gasteiger partial charge in [0.15, 0.2) is 0 Å². The van der Waals surface area contributed by atoms with E-state index in [4.69, 9.17) is 10.5 Å². The lowest BCUT2D eigenvalue weighted by molar-refractivity contribution is -0.136. The second-order valence-corrected chi connectivity index (χ2v) is 6.10. The number of amides is 1. The molecule has 0 heterocycles. The molecule has 1 fully saturated rings. The molecule has 1 aliphatic carbocycles. The van der Waals surface area contributed by atoms with E-state index >= 15 is 0 Å². The Morgan fingerprint density at radius 2 is 1.84 bits per heavy atom. The minimum atomic E-state index is -0.379. The van der Waals surface area contributed by atoms with E-state index in [1.165, 1.54) is 25.7 Å². The number of nitrogens with two attached hydrogens (primary N) is 1. The van der Waals surface area contributed by atoms with Crippen LogP contribution in [0.1, 0.15) is 59.3 Å². The van der Waals surface area contributed by atoms with Gasteiger partial charge in [0.2, 0.25) is 5.91 Å². The van der Waals surface area contributed by atoms with Crippen molar-refractivity contribution >= 4 is 18.3 Å². The van der Waals surface area contributed by atoms with Crippen LogP contribution in [0.4, 0.5) is 0 Å². The molecule has 1 unspecified atom stereocenters. The Balaban J connectivity index is 0.00000324. The zero-order valence-corrected chi connectivity index (χ0v) is 13.2. The molecule has 1 atom stereocenters. The minimum Gasteiger partial charge on any atom is -0.365 e. The van der Waals surface area contributed by atoms with Crippen molar-refractivity contribution in [2.24, 2.45) is 5.73 Å². The number of halogens is 1. The Kier molecular flexibility index (Phi) is 8.62. The fourth-order valence-corrected chi connectivity index (χ4v) is 2.19. The maximum Gasteiger partial charge on any atom is 0.248 e. The third-order valence-corrected chi connectivity index (χ3v) is 3.29. The van der Waals surface area contributed by atoms with Crippen LogP contribution in [0.2, 0.25) is 0 Å². The summed E-state index contributed by atoms with van der Waals surface area (Å²) < 4.78 is 5.85. The summed E-state index contributed by atoms with van der Waals surface area (Å²) in [7, 11) is 0. The molecule has 5 heteroatoms. The first kappa shape index (κ1) is 18.7. The van der Waals surface area contributed by atoms with E-state index in [1.807, 2.05) is 20.8 Å². The molecule has 1 aliphatic rings. The van der Waals surface area contributed by atoms with Crippen molar-refractivity contribution in [1.29, 1.82) is 0 Å². The molecule has 0 aromatic heterocycles. The van der Waals surface area contributed by atoms with E-state index < -0.39 is 0 Å². The van der Waals surface area contributed by atoms with Crippen molar-refractivity contribution in [2.45, 2.75) is 77.0 Å². The molecule has 0 aromatic rings. The van der Waals surface area contributed by atoms with Gasteiger partial charge in [-0.15, -0.1) is 12.4 Å². The molecule has 0 spiro atoms. The second-order valence-electron chi connectivity index (χ2n) is 6.10.